The fraction of sp³-hybridized carbons (Fsp3) is 0.571. The maximum atomic E-state index is 2.65. The maximum absolute atomic E-state index is 2.65. The molecule has 2 heteroatoms. The van der Waals surface area contributed by atoms with E-state index in [9.17, 15) is 0 Å². The van der Waals surface area contributed by atoms with Crippen molar-refractivity contribution in [2.45, 2.75) is 42.9 Å². The monoisotopic (exact) mass is 235 g/mol. The van der Waals surface area contributed by atoms with Crippen LogP contribution in [0, 0.1) is 0 Å². The number of nitrogens with zero attached hydrogens (tertiary/aromatic N) is 1. The highest BCUT2D eigenvalue weighted by Gasteiger charge is 2.21. The van der Waals surface area contributed by atoms with Crippen LogP contribution in [0.25, 0.3) is 0 Å². The Hall–Kier alpha value is -0.470. The molecular weight excluding hydrogens is 214 g/mol. The lowest BCUT2D eigenvalue weighted by Crippen LogP contribution is -2.29. The average Bonchev–Trinajstić information content (AvgIpc) is 2.83. The van der Waals surface area contributed by atoms with E-state index in [2.05, 4.69) is 42.2 Å². The van der Waals surface area contributed by atoms with Gasteiger partial charge in [-0.2, -0.15) is 0 Å². The van der Waals surface area contributed by atoms with Crippen LogP contribution in [0.2, 0.25) is 0 Å². The Kier molecular flexibility index (Phi) is 4.73. The molecule has 0 aromatic heterocycles. The van der Waals surface area contributed by atoms with Gasteiger partial charge in [0, 0.05) is 4.90 Å². The Morgan fingerprint density at radius 1 is 1.19 bits per heavy atom. The van der Waals surface area contributed by atoms with Crippen molar-refractivity contribution in [3.8, 4) is 0 Å². The lowest BCUT2D eigenvalue weighted by molar-refractivity contribution is 0.304. The molecule has 0 N–H and O–H groups in total. The zero-order chi connectivity index (χ0) is 11.2. The van der Waals surface area contributed by atoms with Gasteiger partial charge in [0.1, 0.15) is 0 Å². The molecule has 1 nitrogen and oxygen atoms in total. The number of hydrogen-bond acceptors (Lipinski definition) is 2. The summed E-state index contributed by atoms with van der Waals surface area (Å²) in [6, 6.07) is 10.8. The third-order valence-electron chi connectivity index (χ3n) is 3.10. The number of rotatable bonds is 5. The van der Waals surface area contributed by atoms with E-state index < -0.39 is 0 Å². The van der Waals surface area contributed by atoms with Crippen molar-refractivity contribution in [2.75, 3.05) is 13.1 Å². The summed E-state index contributed by atoms with van der Waals surface area (Å²) in [5.74, 6) is 0. The Morgan fingerprint density at radius 3 is 2.50 bits per heavy atom. The van der Waals surface area contributed by atoms with Crippen LogP contribution in [-0.4, -0.2) is 23.4 Å². The predicted octanol–water partition coefficient (Wildman–Crippen LogP) is 4.00. The van der Waals surface area contributed by atoms with Gasteiger partial charge in [0.2, 0.25) is 0 Å². The summed E-state index contributed by atoms with van der Waals surface area (Å²) in [5.41, 5.74) is 0. The molecule has 1 aliphatic heterocycles. The van der Waals surface area contributed by atoms with E-state index in [4.69, 9.17) is 0 Å². The number of thioether (sulfide) groups is 1. The van der Waals surface area contributed by atoms with Crippen LogP contribution in [0.1, 0.15) is 32.6 Å². The number of hydrogen-bond donors (Lipinski definition) is 0. The maximum Gasteiger partial charge on any atom is 0.0604 e. The first-order valence-electron chi connectivity index (χ1n) is 6.36. The van der Waals surface area contributed by atoms with Crippen LogP contribution in [0.4, 0.5) is 0 Å². The van der Waals surface area contributed by atoms with E-state index in [0.717, 1.165) is 0 Å². The Morgan fingerprint density at radius 2 is 1.88 bits per heavy atom. The van der Waals surface area contributed by atoms with Gasteiger partial charge >= 0.3 is 0 Å². The van der Waals surface area contributed by atoms with Crippen molar-refractivity contribution in [3.05, 3.63) is 30.3 Å². The molecule has 0 radical (unpaired) electrons. The van der Waals surface area contributed by atoms with Gasteiger partial charge in [-0.15, -0.1) is 11.8 Å². The van der Waals surface area contributed by atoms with Crippen LogP contribution in [0.5, 0.6) is 0 Å². The van der Waals surface area contributed by atoms with Crippen LogP contribution < -0.4 is 0 Å². The zero-order valence-electron chi connectivity index (χ0n) is 10.1. The Balaban J connectivity index is 1.96. The van der Waals surface area contributed by atoms with Gasteiger partial charge in [0.25, 0.3) is 0 Å². The van der Waals surface area contributed by atoms with Crippen LogP contribution >= 0.6 is 11.8 Å². The average molecular weight is 235 g/mol. The fourth-order valence-corrected chi connectivity index (χ4v) is 3.59. The van der Waals surface area contributed by atoms with Gasteiger partial charge in [0.15, 0.2) is 0 Å². The van der Waals surface area contributed by atoms with Crippen molar-refractivity contribution in [3.63, 3.8) is 0 Å². The standard InChI is InChI=1S/C14H21NS/c1-2-8-14(15-11-6-7-12-15)16-13-9-4-3-5-10-13/h3-5,9-10,14H,2,6-8,11-12H2,1H3. The smallest absolute Gasteiger partial charge is 0.0604 e. The second-order valence-electron chi connectivity index (χ2n) is 4.42. The van der Waals surface area contributed by atoms with E-state index in [1.807, 2.05) is 11.8 Å². The van der Waals surface area contributed by atoms with E-state index in [1.54, 1.807) is 0 Å². The first-order chi connectivity index (χ1) is 7.90. The second-order valence-corrected chi connectivity index (χ2v) is 5.67. The summed E-state index contributed by atoms with van der Waals surface area (Å²) in [6.45, 7) is 4.88. The third kappa shape index (κ3) is 3.26. The topological polar surface area (TPSA) is 3.24 Å². The highest BCUT2D eigenvalue weighted by Crippen LogP contribution is 2.30. The minimum Gasteiger partial charge on any atom is -0.291 e. The van der Waals surface area contributed by atoms with Gasteiger partial charge < -0.3 is 0 Å². The van der Waals surface area contributed by atoms with Gasteiger partial charge in [0.05, 0.1) is 5.37 Å². The first-order valence-corrected chi connectivity index (χ1v) is 7.24. The molecular formula is C14H21NS. The molecule has 2 rings (SSSR count). The summed E-state index contributed by atoms with van der Waals surface area (Å²) in [7, 11) is 0. The summed E-state index contributed by atoms with van der Waals surface area (Å²) >= 11 is 2.04. The molecule has 1 saturated heterocycles. The van der Waals surface area contributed by atoms with Gasteiger partial charge in [-0.05, 0) is 44.5 Å². The molecule has 1 aromatic carbocycles. The molecule has 0 amide bonds. The summed E-state index contributed by atoms with van der Waals surface area (Å²) in [6.07, 6.45) is 5.35. The van der Waals surface area contributed by atoms with Crippen molar-refractivity contribution >= 4 is 11.8 Å². The van der Waals surface area contributed by atoms with Crippen LogP contribution in [0.3, 0.4) is 0 Å². The molecule has 0 aliphatic carbocycles. The molecule has 0 saturated carbocycles. The normalized spacial score (nSPS) is 18.8. The van der Waals surface area contributed by atoms with E-state index >= 15 is 0 Å². The SMILES string of the molecule is CCCC(Sc1ccccc1)N1CCCC1. The minimum atomic E-state index is 0.690. The highest BCUT2D eigenvalue weighted by molar-refractivity contribution is 7.99. The van der Waals surface area contributed by atoms with Gasteiger partial charge in [-0.3, -0.25) is 4.90 Å². The number of benzene rings is 1. The second kappa shape index (κ2) is 6.31. The summed E-state index contributed by atoms with van der Waals surface area (Å²) < 4.78 is 0. The molecule has 88 valence electrons. The largest absolute Gasteiger partial charge is 0.291 e. The molecule has 0 spiro atoms. The third-order valence-corrected chi connectivity index (χ3v) is 4.45. The number of likely N-dealkylation sites (tertiary alicyclic amines) is 1. The van der Waals surface area contributed by atoms with Crippen molar-refractivity contribution in [2.24, 2.45) is 0 Å². The first kappa shape index (κ1) is 12.0. The van der Waals surface area contributed by atoms with Crippen LogP contribution in [-0.2, 0) is 0 Å². The van der Waals surface area contributed by atoms with Gasteiger partial charge in [-0.1, -0.05) is 31.5 Å². The molecule has 16 heavy (non-hydrogen) atoms. The fourth-order valence-electron chi connectivity index (χ4n) is 2.25. The summed E-state index contributed by atoms with van der Waals surface area (Å²) in [4.78, 5) is 4.06. The van der Waals surface area contributed by atoms with Crippen LogP contribution in [0.15, 0.2) is 35.2 Å². The Labute approximate surface area is 103 Å². The molecule has 1 fully saturated rings. The van der Waals surface area contributed by atoms with E-state index in [0.29, 0.717) is 5.37 Å². The summed E-state index contributed by atoms with van der Waals surface area (Å²) in [5, 5.41) is 0.690. The van der Waals surface area contributed by atoms with Gasteiger partial charge in [-0.25, -0.2) is 0 Å². The zero-order valence-corrected chi connectivity index (χ0v) is 10.9. The predicted molar refractivity (Wildman–Crippen MR) is 71.8 cm³/mol. The lowest BCUT2D eigenvalue weighted by Gasteiger charge is -2.26. The molecule has 1 unspecified atom stereocenters. The molecule has 1 heterocycles. The molecule has 1 aliphatic rings. The van der Waals surface area contributed by atoms with E-state index in [1.165, 1.54) is 43.7 Å². The molecule has 1 aromatic rings. The molecule has 1 atom stereocenters. The lowest BCUT2D eigenvalue weighted by atomic mass is 10.3. The van der Waals surface area contributed by atoms with E-state index in [-0.39, 0.29) is 0 Å². The molecule has 0 bridgehead atoms. The quantitative estimate of drug-likeness (QED) is 0.710. The minimum absolute atomic E-state index is 0.690. The Bertz CT molecular complexity index is 293. The van der Waals surface area contributed by atoms with Crippen molar-refractivity contribution < 1.29 is 0 Å². The highest BCUT2D eigenvalue weighted by atomic mass is 32.2. The van der Waals surface area contributed by atoms with Crippen molar-refractivity contribution in [1.82, 2.24) is 4.90 Å². The van der Waals surface area contributed by atoms with Crippen molar-refractivity contribution in [1.29, 1.82) is 0 Å².